The fraction of sp³-hybridized carbons (Fsp3) is 0.269. The van der Waals surface area contributed by atoms with Crippen molar-refractivity contribution >= 4 is 11.6 Å². The van der Waals surface area contributed by atoms with E-state index in [1.165, 1.54) is 6.20 Å². The van der Waals surface area contributed by atoms with Crippen LogP contribution in [-0.4, -0.2) is 34.7 Å². The molecule has 6 heteroatoms. The molecule has 0 unspecified atom stereocenters. The zero-order chi connectivity index (χ0) is 22.8. The molecule has 1 aromatic heterocycles. The summed E-state index contributed by atoms with van der Waals surface area (Å²) in [5.41, 5.74) is 2.52. The Labute approximate surface area is 187 Å². The number of anilines is 1. The van der Waals surface area contributed by atoms with E-state index in [2.05, 4.69) is 42.1 Å². The van der Waals surface area contributed by atoms with E-state index in [0.29, 0.717) is 11.1 Å². The zero-order valence-electron chi connectivity index (χ0n) is 18.7. The van der Waals surface area contributed by atoms with Gasteiger partial charge in [-0.3, -0.25) is 9.59 Å². The predicted molar refractivity (Wildman–Crippen MR) is 125 cm³/mol. The molecule has 2 aromatic carbocycles. The summed E-state index contributed by atoms with van der Waals surface area (Å²) in [5.74, 6) is -0.370. The molecule has 0 N–H and O–H groups in total. The first-order chi connectivity index (χ1) is 15.4. The van der Waals surface area contributed by atoms with Gasteiger partial charge in [0.2, 0.25) is 0 Å². The molecule has 3 aromatic rings. The lowest BCUT2D eigenvalue weighted by atomic mass is 10.00. The number of para-hydroxylation sites is 1. The van der Waals surface area contributed by atoms with E-state index >= 15 is 0 Å². The minimum Gasteiger partial charge on any atom is -0.456 e. The molecule has 32 heavy (non-hydrogen) atoms. The maximum Gasteiger partial charge on any atom is 0.307 e. The van der Waals surface area contributed by atoms with E-state index in [1.54, 1.807) is 31.2 Å². The Morgan fingerprint density at radius 1 is 1.03 bits per heavy atom. The van der Waals surface area contributed by atoms with Gasteiger partial charge in [0.15, 0.2) is 0 Å². The molecule has 0 radical (unpaired) electrons. The summed E-state index contributed by atoms with van der Waals surface area (Å²) >= 11 is 0. The minimum absolute atomic E-state index is 0.0158. The third kappa shape index (κ3) is 3.96. The molecule has 0 fully saturated rings. The molecule has 6 nitrogen and oxygen atoms in total. The van der Waals surface area contributed by atoms with Crippen LogP contribution in [0.5, 0.6) is 6.01 Å². The highest BCUT2D eigenvalue weighted by Gasteiger charge is 2.37. The van der Waals surface area contributed by atoms with Gasteiger partial charge in [-0.15, -0.1) is 0 Å². The first-order valence-electron chi connectivity index (χ1n) is 10.7. The normalized spacial score (nSPS) is 20.0. The maximum atomic E-state index is 13.2. The second-order valence-electron chi connectivity index (χ2n) is 8.28. The molecule has 1 heterocycles. The van der Waals surface area contributed by atoms with Crippen LogP contribution in [0.2, 0.25) is 0 Å². The molecule has 0 saturated carbocycles. The van der Waals surface area contributed by atoms with Crippen molar-refractivity contribution in [3.8, 4) is 6.01 Å². The van der Waals surface area contributed by atoms with Crippen LogP contribution in [0.25, 0.3) is 0 Å². The van der Waals surface area contributed by atoms with Gasteiger partial charge < -0.3 is 9.64 Å². The highest BCUT2D eigenvalue weighted by atomic mass is 16.5. The summed E-state index contributed by atoms with van der Waals surface area (Å²) in [6.07, 6.45) is 3.33. The second-order valence-corrected chi connectivity index (χ2v) is 8.28. The molecule has 3 atom stereocenters. The Morgan fingerprint density at radius 2 is 1.66 bits per heavy atom. The SMILES string of the molecule is CC1=C[C@@H](N(C)c2ccccc2)[C@H](C)[C@@H]1Oc1ncc(C)c(=O)n1C(=O)c1ccccc1. The van der Waals surface area contributed by atoms with Gasteiger partial charge in [-0.05, 0) is 43.7 Å². The maximum absolute atomic E-state index is 13.2. The Balaban J connectivity index is 1.65. The number of carbonyl (C=O) groups is 1. The molecule has 1 aliphatic carbocycles. The average molecular weight is 430 g/mol. The summed E-state index contributed by atoms with van der Waals surface area (Å²) in [5, 5.41) is 0. The number of hydrogen-bond acceptors (Lipinski definition) is 5. The number of carbonyl (C=O) groups excluding carboxylic acids is 1. The van der Waals surface area contributed by atoms with E-state index in [9.17, 15) is 9.59 Å². The van der Waals surface area contributed by atoms with Gasteiger partial charge in [0.05, 0.1) is 6.04 Å². The topological polar surface area (TPSA) is 64.4 Å². The van der Waals surface area contributed by atoms with Gasteiger partial charge in [-0.25, -0.2) is 4.98 Å². The van der Waals surface area contributed by atoms with Crippen molar-refractivity contribution in [3.63, 3.8) is 0 Å². The summed E-state index contributed by atoms with van der Waals surface area (Å²) in [6.45, 7) is 5.76. The molecular weight excluding hydrogens is 402 g/mol. The third-order valence-corrected chi connectivity index (χ3v) is 6.07. The number of hydrogen-bond donors (Lipinski definition) is 0. The van der Waals surface area contributed by atoms with Crippen LogP contribution in [0.1, 0.15) is 29.8 Å². The van der Waals surface area contributed by atoms with Gasteiger partial charge in [0.25, 0.3) is 11.5 Å². The van der Waals surface area contributed by atoms with E-state index in [0.717, 1.165) is 15.8 Å². The molecule has 0 bridgehead atoms. The Hall–Kier alpha value is -3.67. The first-order valence-corrected chi connectivity index (χ1v) is 10.7. The van der Waals surface area contributed by atoms with Crippen molar-refractivity contribution in [1.29, 1.82) is 0 Å². The van der Waals surface area contributed by atoms with Gasteiger partial charge in [-0.2, -0.15) is 4.57 Å². The monoisotopic (exact) mass is 429 g/mol. The van der Waals surface area contributed by atoms with Crippen LogP contribution in [0.3, 0.4) is 0 Å². The Bertz CT molecular complexity index is 1200. The van der Waals surface area contributed by atoms with Gasteiger partial charge in [0.1, 0.15) is 6.10 Å². The Morgan fingerprint density at radius 3 is 2.31 bits per heavy atom. The summed E-state index contributed by atoms with van der Waals surface area (Å²) < 4.78 is 7.30. The summed E-state index contributed by atoms with van der Waals surface area (Å²) in [7, 11) is 2.06. The molecule has 164 valence electrons. The number of aryl methyl sites for hydroxylation is 1. The highest BCUT2D eigenvalue weighted by Crippen LogP contribution is 2.33. The smallest absolute Gasteiger partial charge is 0.307 e. The molecule has 0 aliphatic heterocycles. The number of ether oxygens (including phenoxy) is 1. The molecule has 0 saturated heterocycles. The van der Waals surface area contributed by atoms with Crippen molar-refractivity contribution in [3.05, 3.63) is 100.0 Å². The lowest BCUT2D eigenvalue weighted by Gasteiger charge is -2.31. The van der Waals surface area contributed by atoms with Gasteiger partial charge in [0, 0.05) is 36.0 Å². The van der Waals surface area contributed by atoms with Crippen LogP contribution in [0.4, 0.5) is 5.69 Å². The number of rotatable bonds is 5. The van der Waals surface area contributed by atoms with Crippen molar-refractivity contribution in [2.24, 2.45) is 5.92 Å². The first kappa shape index (κ1) is 21.6. The highest BCUT2D eigenvalue weighted by molar-refractivity contribution is 5.96. The Kier molecular flexibility index (Phi) is 5.95. The summed E-state index contributed by atoms with van der Waals surface area (Å²) in [4.78, 5) is 32.6. The van der Waals surface area contributed by atoms with Crippen LogP contribution >= 0.6 is 0 Å². The van der Waals surface area contributed by atoms with Gasteiger partial charge in [-0.1, -0.05) is 49.4 Å². The van der Waals surface area contributed by atoms with E-state index in [-0.39, 0.29) is 24.1 Å². The average Bonchev–Trinajstić information content (AvgIpc) is 3.10. The lowest BCUT2D eigenvalue weighted by Crippen LogP contribution is -2.39. The van der Waals surface area contributed by atoms with Crippen molar-refractivity contribution in [2.75, 3.05) is 11.9 Å². The zero-order valence-corrected chi connectivity index (χ0v) is 18.7. The fourth-order valence-corrected chi connectivity index (χ4v) is 4.22. The van der Waals surface area contributed by atoms with E-state index in [1.807, 2.05) is 31.2 Å². The quantitative estimate of drug-likeness (QED) is 0.572. The standard InChI is InChI=1S/C26H27N3O3/c1-17-15-22(28(4)21-13-9-6-10-14-21)19(3)23(17)32-26-27-16-18(2)24(30)29(26)25(31)20-11-7-5-8-12-20/h5-16,19,22-23H,1-4H3/t19-,22+,23+/m0/s1. The fourth-order valence-electron chi connectivity index (χ4n) is 4.22. The number of benzene rings is 2. The predicted octanol–water partition coefficient (Wildman–Crippen LogP) is 4.09. The largest absolute Gasteiger partial charge is 0.456 e. The van der Waals surface area contributed by atoms with Gasteiger partial charge >= 0.3 is 6.01 Å². The van der Waals surface area contributed by atoms with Crippen LogP contribution in [0.15, 0.2) is 83.3 Å². The third-order valence-electron chi connectivity index (χ3n) is 6.07. The van der Waals surface area contributed by atoms with E-state index < -0.39 is 11.5 Å². The van der Waals surface area contributed by atoms with Crippen molar-refractivity contribution in [2.45, 2.75) is 32.9 Å². The number of nitrogens with zero attached hydrogens (tertiary/aromatic N) is 3. The van der Waals surface area contributed by atoms with Crippen LogP contribution < -0.4 is 15.2 Å². The van der Waals surface area contributed by atoms with Crippen molar-refractivity contribution in [1.82, 2.24) is 9.55 Å². The van der Waals surface area contributed by atoms with Crippen LogP contribution in [0, 0.1) is 12.8 Å². The summed E-state index contributed by atoms with van der Waals surface area (Å²) in [6, 6.07) is 19.0. The number of aromatic nitrogens is 2. The van der Waals surface area contributed by atoms with Crippen molar-refractivity contribution < 1.29 is 9.53 Å². The molecule has 1 aliphatic rings. The van der Waals surface area contributed by atoms with E-state index in [4.69, 9.17) is 4.74 Å². The van der Waals surface area contributed by atoms with Crippen LogP contribution in [-0.2, 0) is 0 Å². The number of likely N-dealkylation sites (N-methyl/N-ethyl adjacent to an activating group) is 1. The molecular formula is C26H27N3O3. The molecule has 0 amide bonds. The molecule has 0 spiro atoms. The molecule has 4 rings (SSSR count). The second kappa shape index (κ2) is 8.83. The lowest BCUT2D eigenvalue weighted by molar-refractivity contribution is 0.0915. The minimum atomic E-state index is -0.452.